The molecule has 1 aliphatic rings. The predicted octanol–water partition coefficient (Wildman–Crippen LogP) is 1.85. The maximum absolute atomic E-state index is 4.37. The Bertz CT molecular complexity index is 407. The molecule has 0 saturated carbocycles. The van der Waals surface area contributed by atoms with Gasteiger partial charge in [0.1, 0.15) is 0 Å². The molecule has 1 aliphatic heterocycles. The predicted molar refractivity (Wildman–Crippen MR) is 88.8 cm³/mol. The Balaban J connectivity index is 0.00000180. The normalized spacial score (nSPS) is 17.2. The second kappa shape index (κ2) is 7.72. The van der Waals surface area contributed by atoms with Gasteiger partial charge in [0.05, 0.1) is 12.2 Å². The molecule has 108 valence electrons. The molecule has 2 rings (SSSR count). The maximum Gasteiger partial charge on any atom is 0.193 e. The van der Waals surface area contributed by atoms with Crippen molar-refractivity contribution in [3.05, 3.63) is 18.0 Å². The van der Waals surface area contributed by atoms with Crippen molar-refractivity contribution in [2.45, 2.75) is 26.3 Å². The van der Waals surface area contributed by atoms with E-state index in [4.69, 9.17) is 0 Å². The first-order valence-corrected chi connectivity index (χ1v) is 6.63. The molecule has 0 spiro atoms. The van der Waals surface area contributed by atoms with E-state index in [1.807, 2.05) is 31.0 Å². The first-order chi connectivity index (χ1) is 8.70. The van der Waals surface area contributed by atoms with Crippen molar-refractivity contribution in [2.75, 3.05) is 20.1 Å². The number of nitrogens with zero attached hydrogens (tertiary/aromatic N) is 4. The van der Waals surface area contributed by atoms with Gasteiger partial charge in [0.25, 0.3) is 0 Å². The molecule has 1 N–H and O–H groups in total. The molecule has 1 aromatic heterocycles. The van der Waals surface area contributed by atoms with Gasteiger partial charge >= 0.3 is 0 Å². The monoisotopic (exact) mass is 377 g/mol. The number of halogens is 1. The number of piperidine rings is 1. The molecule has 0 aliphatic carbocycles. The van der Waals surface area contributed by atoms with Crippen LogP contribution in [0.3, 0.4) is 0 Å². The quantitative estimate of drug-likeness (QED) is 0.486. The number of aromatic nitrogens is 2. The zero-order valence-electron chi connectivity index (χ0n) is 12.0. The van der Waals surface area contributed by atoms with Crippen LogP contribution in [-0.2, 0) is 13.6 Å². The maximum atomic E-state index is 4.37. The fourth-order valence-corrected chi connectivity index (χ4v) is 2.30. The molecule has 0 amide bonds. The summed E-state index contributed by atoms with van der Waals surface area (Å²) in [6.07, 6.45) is 4.33. The minimum absolute atomic E-state index is 0. The molecular weight excluding hydrogens is 353 g/mol. The van der Waals surface area contributed by atoms with Gasteiger partial charge in [-0.15, -0.1) is 24.0 Å². The summed E-state index contributed by atoms with van der Waals surface area (Å²) < 4.78 is 1.89. The van der Waals surface area contributed by atoms with Crippen molar-refractivity contribution in [3.63, 3.8) is 0 Å². The summed E-state index contributed by atoms with van der Waals surface area (Å²) in [6.45, 7) is 5.30. The van der Waals surface area contributed by atoms with E-state index >= 15 is 0 Å². The van der Waals surface area contributed by atoms with Crippen molar-refractivity contribution < 1.29 is 0 Å². The smallest absolute Gasteiger partial charge is 0.193 e. The Kier molecular flexibility index (Phi) is 6.60. The fourth-order valence-electron chi connectivity index (χ4n) is 2.30. The van der Waals surface area contributed by atoms with E-state index in [0.29, 0.717) is 0 Å². The summed E-state index contributed by atoms with van der Waals surface area (Å²) in [6, 6.07) is 2.03. The van der Waals surface area contributed by atoms with Crippen LogP contribution in [0.15, 0.2) is 17.3 Å². The molecule has 0 bridgehead atoms. The number of nitrogens with one attached hydrogen (secondary N) is 1. The van der Waals surface area contributed by atoms with Gasteiger partial charge in [0.15, 0.2) is 5.96 Å². The number of aliphatic imine (C=N–C) groups is 1. The topological polar surface area (TPSA) is 45.5 Å². The molecule has 0 radical (unpaired) electrons. The van der Waals surface area contributed by atoms with Crippen molar-refractivity contribution in [3.8, 4) is 0 Å². The molecule has 1 aromatic rings. The summed E-state index contributed by atoms with van der Waals surface area (Å²) in [7, 11) is 3.81. The average molecular weight is 377 g/mol. The molecule has 0 unspecified atom stereocenters. The van der Waals surface area contributed by atoms with E-state index in [-0.39, 0.29) is 24.0 Å². The van der Waals surface area contributed by atoms with Crippen LogP contribution in [0.5, 0.6) is 0 Å². The molecule has 0 atom stereocenters. The molecular formula is C13H24IN5. The molecule has 2 heterocycles. The van der Waals surface area contributed by atoms with Gasteiger partial charge in [0.2, 0.25) is 0 Å². The van der Waals surface area contributed by atoms with Crippen molar-refractivity contribution >= 4 is 29.9 Å². The highest BCUT2D eigenvalue weighted by Gasteiger charge is 2.18. The van der Waals surface area contributed by atoms with Crippen LogP contribution >= 0.6 is 24.0 Å². The number of hydrogen-bond donors (Lipinski definition) is 1. The Morgan fingerprint density at radius 3 is 2.68 bits per heavy atom. The van der Waals surface area contributed by atoms with Gasteiger partial charge in [-0.05, 0) is 24.8 Å². The zero-order chi connectivity index (χ0) is 13.0. The van der Waals surface area contributed by atoms with Crippen molar-refractivity contribution in [1.82, 2.24) is 20.0 Å². The van der Waals surface area contributed by atoms with Crippen molar-refractivity contribution in [1.29, 1.82) is 0 Å². The lowest BCUT2D eigenvalue weighted by Crippen LogP contribution is -2.45. The number of likely N-dealkylation sites (tertiary alicyclic amines) is 1. The SMILES string of the molecule is CN=C(NCc1ccnn1C)N1CCC(C)CC1.I. The molecule has 0 aromatic carbocycles. The number of rotatable bonds is 2. The van der Waals surface area contributed by atoms with Gasteiger partial charge < -0.3 is 10.2 Å². The van der Waals surface area contributed by atoms with E-state index in [1.54, 1.807) is 0 Å². The van der Waals surface area contributed by atoms with E-state index in [1.165, 1.54) is 18.5 Å². The van der Waals surface area contributed by atoms with Gasteiger partial charge in [-0.2, -0.15) is 5.10 Å². The molecule has 1 saturated heterocycles. The number of guanidine groups is 1. The van der Waals surface area contributed by atoms with Gasteiger partial charge in [-0.1, -0.05) is 6.92 Å². The minimum atomic E-state index is 0. The zero-order valence-corrected chi connectivity index (χ0v) is 14.3. The van der Waals surface area contributed by atoms with Gasteiger partial charge in [0, 0.05) is 33.4 Å². The summed E-state index contributed by atoms with van der Waals surface area (Å²) >= 11 is 0. The third-order valence-electron chi connectivity index (χ3n) is 3.65. The Morgan fingerprint density at radius 1 is 1.47 bits per heavy atom. The summed E-state index contributed by atoms with van der Waals surface area (Å²) in [5, 5.41) is 7.58. The van der Waals surface area contributed by atoms with Crippen LogP contribution in [0, 0.1) is 5.92 Å². The first kappa shape index (κ1) is 16.3. The largest absolute Gasteiger partial charge is 0.351 e. The van der Waals surface area contributed by atoms with Crippen LogP contribution in [0.1, 0.15) is 25.5 Å². The van der Waals surface area contributed by atoms with Gasteiger partial charge in [-0.25, -0.2) is 0 Å². The minimum Gasteiger partial charge on any atom is -0.351 e. The Labute approximate surface area is 132 Å². The van der Waals surface area contributed by atoms with E-state index in [0.717, 1.165) is 31.5 Å². The number of hydrogen-bond acceptors (Lipinski definition) is 2. The molecule has 6 heteroatoms. The fraction of sp³-hybridized carbons (Fsp3) is 0.692. The summed E-state index contributed by atoms with van der Waals surface area (Å²) in [5.74, 6) is 1.85. The second-order valence-electron chi connectivity index (χ2n) is 5.02. The van der Waals surface area contributed by atoms with Crippen molar-refractivity contribution in [2.24, 2.45) is 18.0 Å². The summed E-state index contributed by atoms with van der Waals surface area (Å²) in [4.78, 5) is 6.71. The standard InChI is InChI=1S/C13H23N5.HI/c1-11-5-8-18(9-6-11)13(14-2)15-10-12-4-7-16-17(12)3;/h4,7,11H,5-6,8-10H2,1-3H3,(H,14,15);1H. The molecule has 1 fully saturated rings. The lowest BCUT2D eigenvalue weighted by atomic mass is 10.00. The van der Waals surface area contributed by atoms with Crippen LogP contribution < -0.4 is 5.32 Å². The highest BCUT2D eigenvalue weighted by molar-refractivity contribution is 14.0. The highest BCUT2D eigenvalue weighted by Crippen LogP contribution is 2.15. The van der Waals surface area contributed by atoms with Crippen LogP contribution in [0.25, 0.3) is 0 Å². The second-order valence-corrected chi connectivity index (χ2v) is 5.02. The van der Waals surface area contributed by atoms with Crippen LogP contribution in [0.4, 0.5) is 0 Å². The van der Waals surface area contributed by atoms with Crippen LogP contribution in [0.2, 0.25) is 0 Å². The van der Waals surface area contributed by atoms with Crippen LogP contribution in [-0.4, -0.2) is 40.8 Å². The third kappa shape index (κ3) is 4.36. The van der Waals surface area contributed by atoms with E-state index in [9.17, 15) is 0 Å². The lowest BCUT2D eigenvalue weighted by Gasteiger charge is -2.32. The van der Waals surface area contributed by atoms with Gasteiger partial charge in [-0.3, -0.25) is 9.67 Å². The van der Waals surface area contributed by atoms with E-state index in [2.05, 4.69) is 27.2 Å². The Hall–Kier alpha value is -0.790. The highest BCUT2D eigenvalue weighted by atomic mass is 127. The number of aryl methyl sites for hydroxylation is 1. The molecule has 5 nitrogen and oxygen atoms in total. The van der Waals surface area contributed by atoms with E-state index < -0.39 is 0 Å². The first-order valence-electron chi connectivity index (χ1n) is 6.63. The third-order valence-corrected chi connectivity index (χ3v) is 3.65. The Morgan fingerprint density at radius 2 is 2.16 bits per heavy atom. The average Bonchev–Trinajstić information content (AvgIpc) is 2.78. The lowest BCUT2D eigenvalue weighted by molar-refractivity contribution is 0.273. The molecule has 19 heavy (non-hydrogen) atoms. The summed E-state index contributed by atoms with van der Waals surface area (Å²) in [5.41, 5.74) is 1.17.